The lowest BCUT2D eigenvalue weighted by Crippen LogP contribution is -2.20. The molecule has 4 rings (SSSR count). The van der Waals surface area contributed by atoms with Gasteiger partial charge in [0.25, 0.3) is 0 Å². The van der Waals surface area contributed by atoms with Crippen LogP contribution in [0, 0.1) is 5.82 Å². The second kappa shape index (κ2) is 8.29. The second-order valence-electron chi connectivity index (χ2n) is 6.89. The third-order valence-electron chi connectivity index (χ3n) is 4.48. The Balaban J connectivity index is 0.00000204. The molecule has 1 atom stereocenters. The Hall–Kier alpha value is -3.96. The summed E-state index contributed by atoms with van der Waals surface area (Å²) < 4.78 is 57.5. The maximum atomic E-state index is 13.2. The topological polar surface area (TPSA) is 103 Å². The average molecular weight is 453 g/mol. The van der Waals surface area contributed by atoms with E-state index in [1.54, 1.807) is 31.3 Å². The number of nitrogens with two attached hydrogens (primary N) is 1. The molecule has 3 heterocycles. The third kappa shape index (κ3) is 4.68. The van der Waals surface area contributed by atoms with Gasteiger partial charge >= 0.3 is 12.2 Å². The molecule has 0 radical (unpaired) electrons. The lowest BCUT2D eigenvalue weighted by molar-refractivity contribution is -0.154. The monoisotopic (exact) mass is 453 g/mol. The fourth-order valence-corrected chi connectivity index (χ4v) is 3.04. The molecule has 0 amide bonds. The molecule has 0 aliphatic carbocycles. The summed E-state index contributed by atoms with van der Waals surface area (Å²) in [4.78, 5) is 12.3. The highest BCUT2D eigenvalue weighted by Crippen LogP contribution is 2.31. The van der Waals surface area contributed by atoms with Gasteiger partial charge in [0.05, 0.1) is 11.3 Å². The zero-order valence-corrected chi connectivity index (χ0v) is 16.6. The van der Waals surface area contributed by atoms with Crippen molar-refractivity contribution in [1.82, 2.24) is 24.6 Å². The van der Waals surface area contributed by atoms with E-state index in [-0.39, 0.29) is 33.5 Å². The SMILES string of the molecule is C[C@H](Nc1cc(-c2c(N)nn3cccnc23)nc(OCC(F)(F)F)n1)c1ccc(F)cc1.[HH].[HH].[HH]. The first-order chi connectivity index (χ1) is 15.2. The Morgan fingerprint density at radius 2 is 1.97 bits per heavy atom. The van der Waals surface area contributed by atoms with Crippen LogP contribution in [0.25, 0.3) is 16.9 Å². The van der Waals surface area contributed by atoms with Gasteiger partial charge in [0.1, 0.15) is 11.6 Å². The summed E-state index contributed by atoms with van der Waals surface area (Å²) in [6, 6.07) is 8.09. The van der Waals surface area contributed by atoms with Crippen molar-refractivity contribution in [3.63, 3.8) is 0 Å². The van der Waals surface area contributed by atoms with Gasteiger partial charge in [0, 0.05) is 28.8 Å². The summed E-state index contributed by atoms with van der Waals surface area (Å²) in [5.74, 6) is -0.121. The standard InChI is InChI=1S/C20H17F4N7O.3H2/c1-11(12-3-5-13(21)6-4-12)27-15-9-14(28-19(29-15)32-10-20(22,23)24)16-17(25)30-31-8-2-7-26-18(16)31;;;/h2-9,11H,10H2,1H3,(H2,25,30)(H,27,28,29);3*1H/t11-;;;/m0.../s1. The molecule has 32 heavy (non-hydrogen) atoms. The zero-order valence-electron chi connectivity index (χ0n) is 16.6. The number of nitrogen functional groups attached to an aromatic ring is 1. The lowest BCUT2D eigenvalue weighted by atomic mass is 10.1. The van der Waals surface area contributed by atoms with Crippen LogP contribution in [-0.2, 0) is 0 Å². The van der Waals surface area contributed by atoms with E-state index in [1.807, 2.05) is 0 Å². The van der Waals surface area contributed by atoms with E-state index in [2.05, 4.69) is 25.4 Å². The van der Waals surface area contributed by atoms with Crippen LogP contribution in [-0.4, -0.2) is 37.3 Å². The van der Waals surface area contributed by atoms with E-state index in [0.717, 1.165) is 5.56 Å². The van der Waals surface area contributed by atoms with Crippen LogP contribution >= 0.6 is 0 Å². The number of fused-ring (bicyclic) bond motifs is 1. The molecule has 0 saturated heterocycles. The predicted octanol–water partition coefficient (Wildman–Crippen LogP) is 4.76. The molecule has 0 aliphatic heterocycles. The fourth-order valence-electron chi connectivity index (χ4n) is 3.04. The first-order valence-electron chi connectivity index (χ1n) is 9.39. The minimum absolute atomic E-state index is 0. The molecule has 3 N–H and O–H groups in total. The number of benzene rings is 1. The maximum Gasteiger partial charge on any atom is 0.422 e. The van der Waals surface area contributed by atoms with Gasteiger partial charge in [-0.3, -0.25) is 0 Å². The normalized spacial score (nSPS) is 12.7. The Morgan fingerprint density at radius 1 is 1.22 bits per heavy atom. The Kier molecular flexibility index (Phi) is 5.51. The van der Waals surface area contributed by atoms with Gasteiger partial charge in [-0.1, -0.05) is 12.1 Å². The van der Waals surface area contributed by atoms with Crippen molar-refractivity contribution in [2.24, 2.45) is 0 Å². The Morgan fingerprint density at radius 3 is 2.69 bits per heavy atom. The fraction of sp³-hybridized carbons (Fsp3) is 0.200. The molecule has 8 nitrogen and oxygen atoms in total. The number of anilines is 2. The van der Waals surface area contributed by atoms with Crippen molar-refractivity contribution in [3.05, 3.63) is 60.2 Å². The molecular weight excluding hydrogens is 430 g/mol. The van der Waals surface area contributed by atoms with E-state index in [1.165, 1.54) is 28.9 Å². The van der Waals surface area contributed by atoms with Gasteiger partial charge in [-0.2, -0.15) is 23.1 Å². The van der Waals surface area contributed by atoms with Crippen LogP contribution in [0.1, 0.15) is 22.8 Å². The Labute approximate surface area is 183 Å². The number of hydrogen-bond acceptors (Lipinski definition) is 7. The smallest absolute Gasteiger partial charge is 0.422 e. The van der Waals surface area contributed by atoms with Crippen LogP contribution in [0.4, 0.5) is 29.2 Å². The molecule has 0 saturated carbocycles. The van der Waals surface area contributed by atoms with Gasteiger partial charge < -0.3 is 15.8 Å². The molecule has 0 unspecified atom stereocenters. The van der Waals surface area contributed by atoms with Crippen molar-refractivity contribution >= 4 is 17.3 Å². The molecule has 12 heteroatoms. The van der Waals surface area contributed by atoms with Gasteiger partial charge in [-0.15, -0.1) is 5.10 Å². The highest BCUT2D eigenvalue weighted by atomic mass is 19.4. The van der Waals surface area contributed by atoms with Gasteiger partial charge in [-0.25, -0.2) is 13.9 Å². The minimum atomic E-state index is -4.57. The molecule has 0 aliphatic rings. The molecule has 0 bridgehead atoms. The van der Waals surface area contributed by atoms with Gasteiger partial charge in [-0.05, 0) is 30.7 Å². The van der Waals surface area contributed by atoms with Crippen molar-refractivity contribution < 1.29 is 26.6 Å². The number of nitrogens with zero attached hydrogens (tertiary/aromatic N) is 5. The average Bonchev–Trinajstić information content (AvgIpc) is 3.07. The second-order valence-corrected chi connectivity index (χ2v) is 6.89. The van der Waals surface area contributed by atoms with E-state index in [4.69, 9.17) is 10.5 Å². The van der Waals surface area contributed by atoms with E-state index in [9.17, 15) is 17.6 Å². The van der Waals surface area contributed by atoms with Crippen molar-refractivity contribution in [2.45, 2.75) is 19.1 Å². The summed E-state index contributed by atoms with van der Waals surface area (Å²) in [7, 11) is 0. The summed E-state index contributed by atoms with van der Waals surface area (Å²) in [5.41, 5.74) is 7.63. The lowest BCUT2D eigenvalue weighted by Gasteiger charge is -2.16. The Bertz CT molecular complexity index is 1260. The van der Waals surface area contributed by atoms with E-state index < -0.39 is 18.8 Å². The van der Waals surface area contributed by atoms with Crippen molar-refractivity contribution in [3.8, 4) is 17.3 Å². The van der Waals surface area contributed by atoms with Crippen LogP contribution in [0.2, 0.25) is 0 Å². The molecule has 1 aromatic carbocycles. The van der Waals surface area contributed by atoms with Crippen LogP contribution in [0.15, 0.2) is 48.8 Å². The number of nitrogens with one attached hydrogen (secondary N) is 1. The number of ether oxygens (including phenoxy) is 1. The van der Waals surface area contributed by atoms with Crippen molar-refractivity contribution in [1.29, 1.82) is 0 Å². The summed E-state index contributed by atoms with van der Waals surface area (Å²) in [6.07, 6.45) is -1.42. The number of hydrogen-bond donors (Lipinski definition) is 2. The minimum Gasteiger partial charge on any atom is -0.454 e. The first-order valence-corrected chi connectivity index (χ1v) is 9.39. The summed E-state index contributed by atoms with van der Waals surface area (Å²) in [6.45, 7) is 0.225. The molecule has 3 aromatic heterocycles. The van der Waals surface area contributed by atoms with E-state index >= 15 is 0 Å². The summed E-state index contributed by atoms with van der Waals surface area (Å²) >= 11 is 0. The number of alkyl halides is 3. The molecule has 172 valence electrons. The van der Waals surface area contributed by atoms with Gasteiger partial charge in [0.15, 0.2) is 18.1 Å². The molecule has 0 fully saturated rings. The van der Waals surface area contributed by atoms with Crippen LogP contribution < -0.4 is 15.8 Å². The molecular formula is C20H23F4N7O. The first kappa shape index (κ1) is 21.3. The zero-order chi connectivity index (χ0) is 22.9. The quantitative estimate of drug-likeness (QED) is 0.406. The summed E-state index contributed by atoms with van der Waals surface area (Å²) in [5, 5.41) is 7.21. The number of aromatic nitrogens is 5. The molecule has 4 aromatic rings. The van der Waals surface area contributed by atoms with E-state index in [0.29, 0.717) is 11.2 Å². The number of halogens is 4. The van der Waals surface area contributed by atoms with Crippen LogP contribution in [0.3, 0.4) is 0 Å². The number of rotatable bonds is 6. The predicted molar refractivity (Wildman–Crippen MR) is 115 cm³/mol. The largest absolute Gasteiger partial charge is 0.454 e. The highest BCUT2D eigenvalue weighted by Gasteiger charge is 2.29. The van der Waals surface area contributed by atoms with Crippen LogP contribution in [0.5, 0.6) is 6.01 Å². The highest BCUT2D eigenvalue weighted by molar-refractivity contribution is 5.85. The molecule has 0 spiro atoms. The third-order valence-corrected chi connectivity index (χ3v) is 4.48. The van der Waals surface area contributed by atoms with Crippen molar-refractivity contribution in [2.75, 3.05) is 17.7 Å². The maximum absolute atomic E-state index is 13.2. The van der Waals surface area contributed by atoms with Gasteiger partial charge in [0.2, 0.25) is 0 Å².